The fourth-order valence-corrected chi connectivity index (χ4v) is 2.71. The second-order valence-corrected chi connectivity index (χ2v) is 5.22. The van der Waals surface area contributed by atoms with Crippen LogP contribution < -0.4 is 5.73 Å². The van der Waals surface area contributed by atoms with Crippen molar-refractivity contribution in [2.75, 3.05) is 6.54 Å². The Balaban J connectivity index is 2.00. The van der Waals surface area contributed by atoms with Gasteiger partial charge in [0.25, 0.3) is 0 Å². The van der Waals surface area contributed by atoms with Crippen molar-refractivity contribution in [1.29, 1.82) is 0 Å². The van der Waals surface area contributed by atoms with Crippen molar-refractivity contribution in [2.24, 2.45) is 5.73 Å². The van der Waals surface area contributed by atoms with Gasteiger partial charge < -0.3 is 15.7 Å². The number of nitrogens with zero attached hydrogens (tertiary/aromatic N) is 1. The Labute approximate surface area is 118 Å². The van der Waals surface area contributed by atoms with Gasteiger partial charge in [-0.25, -0.2) is 0 Å². The van der Waals surface area contributed by atoms with Crippen LogP contribution in [-0.2, 0) is 16.0 Å². The van der Waals surface area contributed by atoms with Crippen molar-refractivity contribution in [3.8, 4) is 0 Å². The molecule has 1 saturated heterocycles. The first-order valence-electron chi connectivity index (χ1n) is 6.89. The molecular formula is C15H20N2O3. The summed E-state index contributed by atoms with van der Waals surface area (Å²) in [5, 5.41) is 8.73. The Morgan fingerprint density at radius 3 is 2.70 bits per heavy atom. The second kappa shape index (κ2) is 6.52. The lowest BCUT2D eigenvalue weighted by Crippen LogP contribution is -2.47. The first kappa shape index (κ1) is 14.5. The van der Waals surface area contributed by atoms with Crippen molar-refractivity contribution in [3.63, 3.8) is 0 Å². The van der Waals surface area contributed by atoms with Crippen LogP contribution in [0.2, 0.25) is 0 Å². The molecule has 20 heavy (non-hydrogen) atoms. The summed E-state index contributed by atoms with van der Waals surface area (Å²) in [6.07, 6.45) is 2.38. The topological polar surface area (TPSA) is 83.6 Å². The summed E-state index contributed by atoms with van der Waals surface area (Å²) in [5.41, 5.74) is 6.87. The molecule has 5 nitrogen and oxygen atoms in total. The lowest BCUT2D eigenvalue weighted by atomic mass is 10.0. The van der Waals surface area contributed by atoms with E-state index in [0.717, 1.165) is 19.3 Å². The zero-order chi connectivity index (χ0) is 14.5. The van der Waals surface area contributed by atoms with Crippen molar-refractivity contribution >= 4 is 11.9 Å². The van der Waals surface area contributed by atoms with Crippen molar-refractivity contribution < 1.29 is 14.7 Å². The number of carboxylic acid groups (broad SMARTS) is 1. The average molecular weight is 276 g/mol. The number of rotatable bonds is 5. The van der Waals surface area contributed by atoms with E-state index in [4.69, 9.17) is 10.8 Å². The third-order valence-electron chi connectivity index (χ3n) is 3.69. The van der Waals surface area contributed by atoms with E-state index in [-0.39, 0.29) is 18.4 Å². The standard InChI is InChI=1S/C15H20N2O3/c16-13(10-14(18)19)15(20)17-8-4-7-12(17)9-11-5-2-1-3-6-11/h1-3,5-6,12-13H,4,7-10,16H2,(H,18,19). The number of nitrogens with two attached hydrogens (primary N) is 1. The molecule has 1 aromatic rings. The molecule has 2 atom stereocenters. The fraction of sp³-hybridized carbons (Fsp3) is 0.467. The summed E-state index contributed by atoms with van der Waals surface area (Å²) in [5.74, 6) is -1.28. The van der Waals surface area contributed by atoms with Crippen LogP contribution >= 0.6 is 0 Å². The van der Waals surface area contributed by atoms with Crippen LogP contribution in [0.15, 0.2) is 30.3 Å². The monoisotopic (exact) mass is 276 g/mol. The highest BCUT2D eigenvalue weighted by Gasteiger charge is 2.32. The molecule has 1 amide bonds. The Morgan fingerprint density at radius 2 is 2.05 bits per heavy atom. The van der Waals surface area contributed by atoms with Gasteiger partial charge in [-0.2, -0.15) is 0 Å². The maximum absolute atomic E-state index is 12.2. The van der Waals surface area contributed by atoms with E-state index in [2.05, 4.69) is 0 Å². The number of carbonyl (C=O) groups is 2. The predicted molar refractivity (Wildman–Crippen MR) is 75.1 cm³/mol. The van der Waals surface area contributed by atoms with Gasteiger partial charge in [-0.15, -0.1) is 0 Å². The van der Waals surface area contributed by atoms with Crippen LogP contribution in [-0.4, -0.2) is 40.5 Å². The number of hydrogen-bond donors (Lipinski definition) is 2. The molecule has 0 aromatic heterocycles. The minimum absolute atomic E-state index is 0.129. The van der Waals surface area contributed by atoms with Crippen molar-refractivity contribution in [1.82, 2.24) is 4.90 Å². The lowest BCUT2D eigenvalue weighted by Gasteiger charge is -2.27. The normalized spacial score (nSPS) is 19.9. The minimum atomic E-state index is -1.04. The highest BCUT2D eigenvalue weighted by atomic mass is 16.4. The van der Waals surface area contributed by atoms with E-state index in [1.807, 2.05) is 30.3 Å². The van der Waals surface area contributed by atoms with Crippen LogP contribution in [0.5, 0.6) is 0 Å². The van der Waals surface area contributed by atoms with Gasteiger partial charge in [0, 0.05) is 12.6 Å². The first-order valence-corrected chi connectivity index (χ1v) is 6.89. The van der Waals surface area contributed by atoms with E-state index in [1.165, 1.54) is 5.56 Å². The van der Waals surface area contributed by atoms with Crippen LogP contribution in [0.25, 0.3) is 0 Å². The molecule has 3 N–H and O–H groups in total. The van der Waals surface area contributed by atoms with Gasteiger partial charge in [-0.05, 0) is 24.8 Å². The molecule has 0 bridgehead atoms. The highest BCUT2D eigenvalue weighted by Crippen LogP contribution is 2.22. The Bertz CT molecular complexity index is 475. The number of hydrogen-bond acceptors (Lipinski definition) is 3. The van der Waals surface area contributed by atoms with Gasteiger partial charge in [0.1, 0.15) is 0 Å². The number of carbonyl (C=O) groups excluding carboxylic acids is 1. The molecule has 0 radical (unpaired) electrons. The maximum Gasteiger partial charge on any atom is 0.305 e. The number of amides is 1. The third-order valence-corrected chi connectivity index (χ3v) is 3.69. The average Bonchev–Trinajstić information content (AvgIpc) is 2.86. The van der Waals surface area contributed by atoms with E-state index in [0.29, 0.717) is 6.54 Å². The number of carboxylic acids is 1. The smallest absolute Gasteiger partial charge is 0.305 e. The summed E-state index contributed by atoms with van der Waals surface area (Å²) >= 11 is 0. The van der Waals surface area contributed by atoms with Gasteiger partial charge in [-0.3, -0.25) is 9.59 Å². The molecule has 108 valence electrons. The van der Waals surface area contributed by atoms with E-state index in [1.54, 1.807) is 4.90 Å². The van der Waals surface area contributed by atoms with Crippen LogP contribution in [0.4, 0.5) is 0 Å². The van der Waals surface area contributed by atoms with Gasteiger partial charge >= 0.3 is 5.97 Å². The molecule has 1 aliphatic rings. The summed E-state index contributed by atoms with van der Waals surface area (Å²) in [6.45, 7) is 0.670. The second-order valence-electron chi connectivity index (χ2n) is 5.22. The molecule has 0 aliphatic carbocycles. The van der Waals surface area contributed by atoms with Crippen LogP contribution in [0, 0.1) is 0 Å². The summed E-state index contributed by atoms with van der Waals surface area (Å²) in [4.78, 5) is 24.6. The molecule has 2 rings (SSSR count). The summed E-state index contributed by atoms with van der Waals surface area (Å²) in [6, 6.07) is 9.19. The van der Waals surface area contributed by atoms with Gasteiger partial charge in [-0.1, -0.05) is 30.3 Å². The number of likely N-dealkylation sites (tertiary alicyclic amines) is 1. The van der Waals surface area contributed by atoms with Crippen LogP contribution in [0.3, 0.4) is 0 Å². The predicted octanol–water partition coefficient (Wildman–Crippen LogP) is 1.02. The third kappa shape index (κ3) is 3.57. The molecule has 2 unspecified atom stereocenters. The quantitative estimate of drug-likeness (QED) is 0.841. The number of aliphatic carboxylic acids is 1. The largest absolute Gasteiger partial charge is 0.481 e. The molecule has 1 fully saturated rings. The zero-order valence-corrected chi connectivity index (χ0v) is 11.4. The van der Waals surface area contributed by atoms with E-state index in [9.17, 15) is 9.59 Å². The van der Waals surface area contributed by atoms with E-state index >= 15 is 0 Å². The molecule has 5 heteroatoms. The molecular weight excluding hydrogens is 256 g/mol. The first-order chi connectivity index (χ1) is 9.58. The highest BCUT2D eigenvalue weighted by molar-refractivity contribution is 5.86. The lowest BCUT2D eigenvalue weighted by molar-refractivity contribution is -0.142. The SMILES string of the molecule is NC(CC(=O)O)C(=O)N1CCCC1Cc1ccccc1. The van der Waals surface area contributed by atoms with Crippen molar-refractivity contribution in [2.45, 2.75) is 37.8 Å². The summed E-state index contributed by atoms with van der Waals surface area (Å²) in [7, 11) is 0. The maximum atomic E-state index is 12.2. The van der Waals surface area contributed by atoms with Gasteiger partial charge in [0.2, 0.25) is 5.91 Å². The number of benzene rings is 1. The van der Waals surface area contributed by atoms with Crippen molar-refractivity contribution in [3.05, 3.63) is 35.9 Å². The Kier molecular flexibility index (Phi) is 4.74. The zero-order valence-electron chi connectivity index (χ0n) is 11.4. The Hall–Kier alpha value is -1.88. The van der Waals surface area contributed by atoms with E-state index < -0.39 is 12.0 Å². The molecule has 0 spiro atoms. The molecule has 0 saturated carbocycles. The molecule has 1 aromatic carbocycles. The Morgan fingerprint density at radius 1 is 1.35 bits per heavy atom. The summed E-state index contributed by atoms with van der Waals surface area (Å²) < 4.78 is 0. The minimum Gasteiger partial charge on any atom is -0.481 e. The van der Waals surface area contributed by atoms with Crippen LogP contribution in [0.1, 0.15) is 24.8 Å². The fourth-order valence-electron chi connectivity index (χ4n) is 2.71. The molecule has 1 aliphatic heterocycles. The molecule has 1 heterocycles. The van der Waals surface area contributed by atoms with Gasteiger partial charge in [0.05, 0.1) is 12.5 Å². The van der Waals surface area contributed by atoms with Gasteiger partial charge in [0.15, 0.2) is 0 Å².